The minimum atomic E-state index is -0.272. The number of halogens is 1. The maximum atomic E-state index is 12.3. The summed E-state index contributed by atoms with van der Waals surface area (Å²) in [7, 11) is 0. The number of pyridine rings is 1. The molecule has 0 aliphatic carbocycles. The molecule has 8 heteroatoms. The van der Waals surface area contributed by atoms with Crippen LogP contribution < -0.4 is 14.8 Å². The van der Waals surface area contributed by atoms with Crippen LogP contribution in [0.4, 0.5) is 5.82 Å². The Kier molecular flexibility index (Phi) is 6.59. The Morgan fingerprint density at radius 1 is 0.935 bits per heavy atom. The maximum absolute atomic E-state index is 12.3. The lowest BCUT2D eigenvalue weighted by atomic mass is 10.2. The molecule has 7 nitrogen and oxygen atoms in total. The van der Waals surface area contributed by atoms with Crippen LogP contribution in [0.1, 0.15) is 5.56 Å². The van der Waals surface area contributed by atoms with E-state index in [1.54, 1.807) is 53.5 Å². The first-order valence-electron chi connectivity index (χ1n) is 9.53. The van der Waals surface area contributed by atoms with Gasteiger partial charge in [0.05, 0.1) is 12.7 Å². The minimum Gasteiger partial charge on any atom is -0.484 e. The normalized spacial score (nSPS) is 10.5. The monoisotopic (exact) mass is 478 g/mol. The molecule has 0 spiro atoms. The van der Waals surface area contributed by atoms with Gasteiger partial charge in [-0.2, -0.15) is 5.10 Å². The van der Waals surface area contributed by atoms with E-state index in [0.29, 0.717) is 29.7 Å². The van der Waals surface area contributed by atoms with Crippen molar-refractivity contribution in [3.8, 4) is 17.4 Å². The number of benzene rings is 2. The van der Waals surface area contributed by atoms with E-state index < -0.39 is 0 Å². The van der Waals surface area contributed by atoms with E-state index in [0.717, 1.165) is 10.0 Å². The van der Waals surface area contributed by atoms with Gasteiger partial charge in [0.2, 0.25) is 5.88 Å². The van der Waals surface area contributed by atoms with E-state index in [1.165, 1.54) is 0 Å². The number of carbonyl (C=O) groups is 1. The zero-order valence-corrected chi connectivity index (χ0v) is 18.0. The van der Waals surface area contributed by atoms with E-state index in [-0.39, 0.29) is 12.5 Å². The number of nitrogens with zero attached hydrogens (tertiary/aromatic N) is 3. The molecule has 0 saturated carbocycles. The van der Waals surface area contributed by atoms with E-state index in [4.69, 9.17) is 9.47 Å². The summed E-state index contributed by atoms with van der Waals surface area (Å²) in [4.78, 5) is 16.4. The fourth-order valence-corrected chi connectivity index (χ4v) is 3.05. The third-order valence-electron chi connectivity index (χ3n) is 4.28. The number of ether oxygens (including phenoxy) is 2. The molecule has 31 heavy (non-hydrogen) atoms. The van der Waals surface area contributed by atoms with Crippen molar-refractivity contribution < 1.29 is 14.3 Å². The molecule has 1 amide bonds. The van der Waals surface area contributed by atoms with Crippen molar-refractivity contribution in [2.75, 3.05) is 11.9 Å². The highest BCUT2D eigenvalue weighted by Crippen LogP contribution is 2.22. The molecule has 1 N–H and O–H groups in total. The average molecular weight is 479 g/mol. The molecule has 4 aromatic rings. The summed E-state index contributed by atoms with van der Waals surface area (Å²) in [5, 5.41) is 7.11. The van der Waals surface area contributed by atoms with Crippen LogP contribution in [0, 0.1) is 0 Å². The first kappa shape index (κ1) is 20.6. The van der Waals surface area contributed by atoms with Crippen molar-refractivity contribution in [2.24, 2.45) is 0 Å². The van der Waals surface area contributed by atoms with Crippen LogP contribution in [-0.4, -0.2) is 27.3 Å². The molecule has 0 unspecified atom stereocenters. The van der Waals surface area contributed by atoms with Crippen LogP contribution in [0.2, 0.25) is 0 Å². The molecule has 0 atom stereocenters. The SMILES string of the molecule is O=C(COc1ccc(Oc2ccccn2)cc1)Nc1ccnn1Cc1ccc(Br)cc1. The molecule has 0 saturated heterocycles. The topological polar surface area (TPSA) is 78.3 Å². The molecule has 2 aromatic carbocycles. The number of nitrogens with one attached hydrogen (secondary N) is 1. The van der Waals surface area contributed by atoms with Gasteiger partial charge in [0.15, 0.2) is 6.61 Å². The first-order valence-corrected chi connectivity index (χ1v) is 10.3. The Balaban J connectivity index is 1.29. The van der Waals surface area contributed by atoms with Gasteiger partial charge in [-0.25, -0.2) is 9.67 Å². The lowest BCUT2D eigenvalue weighted by Gasteiger charge is -2.11. The lowest BCUT2D eigenvalue weighted by molar-refractivity contribution is -0.118. The van der Waals surface area contributed by atoms with Crippen molar-refractivity contribution >= 4 is 27.7 Å². The van der Waals surface area contributed by atoms with Crippen molar-refractivity contribution in [1.82, 2.24) is 14.8 Å². The van der Waals surface area contributed by atoms with Gasteiger partial charge in [-0.05, 0) is 48.0 Å². The minimum absolute atomic E-state index is 0.121. The van der Waals surface area contributed by atoms with Gasteiger partial charge in [0.25, 0.3) is 5.91 Å². The third kappa shape index (κ3) is 5.93. The Hall–Kier alpha value is -3.65. The molecule has 156 valence electrons. The van der Waals surface area contributed by atoms with Gasteiger partial charge in [0, 0.05) is 22.8 Å². The molecule has 0 bridgehead atoms. The van der Waals surface area contributed by atoms with Crippen LogP contribution in [0.25, 0.3) is 0 Å². The summed E-state index contributed by atoms with van der Waals surface area (Å²) in [5.41, 5.74) is 1.08. The van der Waals surface area contributed by atoms with Gasteiger partial charge in [-0.1, -0.05) is 34.1 Å². The molecule has 2 aromatic heterocycles. The number of carbonyl (C=O) groups excluding carboxylic acids is 1. The number of amides is 1. The predicted molar refractivity (Wildman–Crippen MR) is 120 cm³/mol. The number of hydrogen-bond donors (Lipinski definition) is 1. The fraction of sp³-hybridized carbons (Fsp3) is 0.0870. The molecular weight excluding hydrogens is 460 g/mol. The molecule has 0 aliphatic rings. The highest BCUT2D eigenvalue weighted by molar-refractivity contribution is 9.10. The van der Waals surface area contributed by atoms with Gasteiger partial charge >= 0.3 is 0 Å². The predicted octanol–water partition coefficient (Wildman–Crippen LogP) is 4.90. The lowest BCUT2D eigenvalue weighted by Crippen LogP contribution is -2.22. The number of rotatable bonds is 8. The van der Waals surface area contributed by atoms with E-state index in [9.17, 15) is 4.79 Å². The van der Waals surface area contributed by atoms with Crippen LogP contribution in [0.15, 0.2) is 89.7 Å². The fourth-order valence-electron chi connectivity index (χ4n) is 2.79. The van der Waals surface area contributed by atoms with Crippen LogP contribution >= 0.6 is 15.9 Å². The van der Waals surface area contributed by atoms with Crippen LogP contribution in [-0.2, 0) is 11.3 Å². The van der Waals surface area contributed by atoms with E-state index >= 15 is 0 Å². The summed E-state index contributed by atoms with van der Waals surface area (Å²) in [6.45, 7) is 0.429. The van der Waals surface area contributed by atoms with Gasteiger partial charge < -0.3 is 14.8 Å². The van der Waals surface area contributed by atoms with Crippen molar-refractivity contribution in [3.63, 3.8) is 0 Å². The quantitative estimate of drug-likeness (QED) is 0.389. The summed E-state index contributed by atoms with van der Waals surface area (Å²) in [6, 6.07) is 22.1. The van der Waals surface area contributed by atoms with Gasteiger partial charge in [-0.15, -0.1) is 0 Å². The van der Waals surface area contributed by atoms with E-state index in [2.05, 4.69) is 31.3 Å². The molecular formula is C23H19BrN4O3. The van der Waals surface area contributed by atoms with E-state index in [1.807, 2.05) is 36.4 Å². The number of aromatic nitrogens is 3. The van der Waals surface area contributed by atoms with Crippen molar-refractivity contribution in [1.29, 1.82) is 0 Å². The standard InChI is InChI=1S/C23H19BrN4O3/c24-18-6-4-17(5-7-18)15-28-21(12-14-26-28)27-22(29)16-30-19-8-10-20(11-9-19)31-23-3-1-2-13-25-23/h1-14H,15-16H2,(H,27,29). The maximum Gasteiger partial charge on any atom is 0.263 e. The molecule has 4 rings (SSSR count). The second-order valence-electron chi connectivity index (χ2n) is 6.58. The number of hydrogen-bond acceptors (Lipinski definition) is 5. The second-order valence-corrected chi connectivity index (χ2v) is 7.49. The Morgan fingerprint density at radius 2 is 1.71 bits per heavy atom. The summed E-state index contributed by atoms with van der Waals surface area (Å²) in [6.07, 6.45) is 3.31. The summed E-state index contributed by atoms with van der Waals surface area (Å²) >= 11 is 3.42. The van der Waals surface area contributed by atoms with Gasteiger partial charge in [0.1, 0.15) is 17.3 Å². The molecule has 0 radical (unpaired) electrons. The first-order chi connectivity index (χ1) is 15.2. The molecule has 0 aliphatic heterocycles. The number of anilines is 1. The molecule has 2 heterocycles. The largest absolute Gasteiger partial charge is 0.484 e. The highest BCUT2D eigenvalue weighted by Gasteiger charge is 2.09. The average Bonchev–Trinajstić information content (AvgIpc) is 3.22. The van der Waals surface area contributed by atoms with Gasteiger partial charge in [-0.3, -0.25) is 4.79 Å². The Labute approximate surface area is 187 Å². The Morgan fingerprint density at radius 3 is 2.45 bits per heavy atom. The van der Waals surface area contributed by atoms with Crippen LogP contribution in [0.5, 0.6) is 17.4 Å². The summed E-state index contributed by atoms with van der Waals surface area (Å²) < 4.78 is 14.0. The highest BCUT2D eigenvalue weighted by atomic mass is 79.9. The molecule has 0 fully saturated rings. The Bertz CT molecular complexity index is 1130. The summed E-state index contributed by atoms with van der Waals surface area (Å²) in [5.74, 6) is 2.04. The van der Waals surface area contributed by atoms with Crippen molar-refractivity contribution in [2.45, 2.75) is 6.54 Å². The smallest absolute Gasteiger partial charge is 0.263 e. The zero-order chi connectivity index (χ0) is 21.5. The zero-order valence-electron chi connectivity index (χ0n) is 16.4. The third-order valence-corrected chi connectivity index (χ3v) is 4.81. The second kappa shape index (κ2) is 9.90. The van der Waals surface area contributed by atoms with Crippen molar-refractivity contribution in [3.05, 3.63) is 95.2 Å². The van der Waals surface area contributed by atoms with Crippen LogP contribution in [0.3, 0.4) is 0 Å².